The van der Waals surface area contributed by atoms with Gasteiger partial charge in [0.15, 0.2) is 0 Å². The lowest BCUT2D eigenvalue weighted by atomic mass is 9.97. The first-order chi connectivity index (χ1) is 5.97. The molecule has 0 spiro atoms. The SMILES string of the molecule is C1CNNC(C2CCCNN2)C1. The van der Waals surface area contributed by atoms with Crippen LogP contribution in [0.15, 0.2) is 0 Å². The van der Waals surface area contributed by atoms with Crippen LogP contribution < -0.4 is 21.7 Å². The second-order valence-corrected chi connectivity index (χ2v) is 3.64. The quantitative estimate of drug-likeness (QED) is 0.428. The predicted octanol–water partition coefficient (Wildman–Crippen LogP) is -0.500. The molecule has 0 amide bonds. The third kappa shape index (κ3) is 1.95. The van der Waals surface area contributed by atoms with Gasteiger partial charge in [-0.05, 0) is 25.7 Å². The average Bonchev–Trinajstić information content (AvgIpc) is 2.21. The van der Waals surface area contributed by atoms with Gasteiger partial charge in [-0.25, -0.2) is 0 Å². The van der Waals surface area contributed by atoms with Crippen molar-refractivity contribution in [2.24, 2.45) is 0 Å². The number of hydrogen-bond acceptors (Lipinski definition) is 4. The molecule has 2 aliphatic heterocycles. The topological polar surface area (TPSA) is 48.1 Å². The Kier molecular flexibility index (Phi) is 2.94. The maximum Gasteiger partial charge on any atom is 0.0380 e. The average molecular weight is 170 g/mol. The van der Waals surface area contributed by atoms with Crippen molar-refractivity contribution >= 4 is 0 Å². The highest BCUT2D eigenvalue weighted by Gasteiger charge is 2.24. The van der Waals surface area contributed by atoms with Crippen LogP contribution in [0, 0.1) is 0 Å². The third-order valence-electron chi connectivity index (χ3n) is 2.69. The Morgan fingerprint density at radius 3 is 1.58 bits per heavy atom. The Labute approximate surface area is 73.4 Å². The molecule has 0 saturated carbocycles. The minimum absolute atomic E-state index is 0.603. The molecule has 0 aliphatic carbocycles. The molecule has 0 aromatic carbocycles. The minimum atomic E-state index is 0.603. The highest BCUT2D eigenvalue weighted by atomic mass is 15.4. The van der Waals surface area contributed by atoms with Gasteiger partial charge in [0.1, 0.15) is 0 Å². The lowest BCUT2D eigenvalue weighted by Gasteiger charge is -2.34. The summed E-state index contributed by atoms with van der Waals surface area (Å²) >= 11 is 0. The molecule has 4 N–H and O–H groups in total. The Hall–Kier alpha value is -0.160. The Balaban J connectivity index is 1.80. The third-order valence-corrected chi connectivity index (χ3v) is 2.69. The summed E-state index contributed by atoms with van der Waals surface area (Å²) in [4.78, 5) is 0. The summed E-state index contributed by atoms with van der Waals surface area (Å²) in [6.45, 7) is 2.22. The summed E-state index contributed by atoms with van der Waals surface area (Å²) in [6, 6.07) is 1.21. The fourth-order valence-electron chi connectivity index (χ4n) is 1.98. The molecule has 2 rings (SSSR count). The fourth-order valence-corrected chi connectivity index (χ4v) is 1.98. The van der Waals surface area contributed by atoms with Crippen LogP contribution in [0.25, 0.3) is 0 Å². The number of hydrogen-bond donors (Lipinski definition) is 4. The predicted molar refractivity (Wildman–Crippen MR) is 48.3 cm³/mol. The standard InChI is InChI=1S/C8H18N4/c1-3-7(11-9-5-1)8-4-2-6-10-12-8/h7-12H,1-6H2. The van der Waals surface area contributed by atoms with Crippen molar-refractivity contribution in [3.63, 3.8) is 0 Å². The van der Waals surface area contributed by atoms with Crippen LogP contribution in [0.3, 0.4) is 0 Å². The molecule has 4 nitrogen and oxygen atoms in total. The molecule has 2 aliphatic rings. The van der Waals surface area contributed by atoms with Gasteiger partial charge in [0.2, 0.25) is 0 Å². The highest BCUT2D eigenvalue weighted by molar-refractivity contribution is 4.84. The monoisotopic (exact) mass is 170 g/mol. The first-order valence-electron chi connectivity index (χ1n) is 4.93. The summed E-state index contributed by atoms with van der Waals surface area (Å²) in [5.41, 5.74) is 13.1. The van der Waals surface area contributed by atoms with Gasteiger partial charge in [-0.15, -0.1) is 0 Å². The fraction of sp³-hybridized carbons (Fsp3) is 1.00. The first-order valence-corrected chi connectivity index (χ1v) is 4.93. The summed E-state index contributed by atoms with van der Waals surface area (Å²) in [7, 11) is 0. The van der Waals surface area contributed by atoms with Gasteiger partial charge in [0.25, 0.3) is 0 Å². The van der Waals surface area contributed by atoms with Crippen molar-refractivity contribution in [2.45, 2.75) is 37.8 Å². The molecule has 0 aromatic rings. The Morgan fingerprint density at radius 1 is 0.750 bits per heavy atom. The van der Waals surface area contributed by atoms with E-state index in [9.17, 15) is 0 Å². The van der Waals surface area contributed by atoms with Crippen molar-refractivity contribution in [3.05, 3.63) is 0 Å². The molecule has 70 valence electrons. The van der Waals surface area contributed by atoms with Crippen LogP contribution in [0.5, 0.6) is 0 Å². The zero-order chi connectivity index (χ0) is 8.23. The molecule has 0 radical (unpaired) electrons. The second kappa shape index (κ2) is 4.18. The van der Waals surface area contributed by atoms with E-state index < -0.39 is 0 Å². The van der Waals surface area contributed by atoms with Crippen molar-refractivity contribution in [3.8, 4) is 0 Å². The normalized spacial score (nSPS) is 38.0. The van der Waals surface area contributed by atoms with Gasteiger partial charge in [-0.2, -0.15) is 0 Å². The lowest BCUT2D eigenvalue weighted by molar-refractivity contribution is 0.223. The molecular formula is C8H18N4. The first kappa shape index (κ1) is 8.44. The minimum Gasteiger partial charge on any atom is -0.258 e. The highest BCUT2D eigenvalue weighted by Crippen LogP contribution is 2.11. The zero-order valence-electron chi connectivity index (χ0n) is 7.40. The van der Waals surface area contributed by atoms with Crippen LogP contribution in [-0.4, -0.2) is 25.2 Å². The van der Waals surface area contributed by atoms with E-state index >= 15 is 0 Å². The van der Waals surface area contributed by atoms with Crippen molar-refractivity contribution < 1.29 is 0 Å². The van der Waals surface area contributed by atoms with Crippen molar-refractivity contribution in [1.82, 2.24) is 21.7 Å². The molecule has 2 atom stereocenters. The molecule has 2 unspecified atom stereocenters. The number of hydrazine groups is 2. The van der Waals surface area contributed by atoms with Crippen molar-refractivity contribution in [1.29, 1.82) is 0 Å². The van der Waals surface area contributed by atoms with Crippen LogP contribution >= 0.6 is 0 Å². The molecule has 2 heterocycles. The van der Waals surface area contributed by atoms with E-state index in [1.807, 2.05) is 0 Å². The van der Waals surface area contributed by atoms with Gasteiger partial charge in [-0.3, -0.25) is 21.7 Å². The summed E-state index contributed by atoms with van der Waals surface area (Å²) in [5.74, 6) is 0. The van der Waals surface area contributed by atoms with E-state index in [0.29, 0.717) is 12.1 Å². The largest absolute Gasteiger partial charge is 0.258 e. The van der Waals surface area contributed by atoms with Crippen LogP contribution in [0.4, 0.5) is 0 Å². The molecule has 2 saturated heterocycles. The van der Waals surface area contributed by atoms with E-state index in [4.69, 9.17) is 0 Å². The smallest absolute Gasteiger partial charge is 0.0380 e. The summed E-state index contributed by atoms with van der Waals surface area (Å²) in [5, 5.41) is 0. The van der Waals surface area contributed by atoms with Gasteiger partial charge >= 0.3 is 0 Å². The summed E-state index contributed by atoms with van der Waals surface area (Å²) < 4.78 is 0. The van der Waals surface area contributed by atoms with E-state index in [0.717, 1.165) is 13.1 Å². The van der Waals surface area contributed by atoms with Crippen LogP contribution in [0.1, 0.15) is 25.7 Å². The molecule has 4 heteroatoms. The number of nitrogens with one attached hydrogen (secondary N) is 4. The van der Waals surface area contributed by atoms with E-state index in [1.54, 1.807) is 0 Å². The van der Waals surface area contributed by atoms with E-state index in [-0.39, 0.29) is 0 Å². The van der Waals surface area contributed by atoms with E-state index in [2.05, 4.69) is 21.7 Å². The molecule has 2 fully saturated rings. The van der Waals surface area contributed by atoms with E-state index in [1.165, 1.54) is 25.7 Å². The van der Waals surface area contributed by atoms with Crippen LogP contribution in [0.2, 0.25) is 0 Å². The second-order valence-electron chi connectivity index (χ2n) is 3.64. The van der Waals surface area contributed by atoms with Crippen molar-refractivity contribution in [2.75, 3.05) is 13.1 Å². The van der Waals surface area contributed by atoms with Crippen LogP contribution in [-0.2, 0) is 0 Å². The van der Waals surface area contributed by atoms with Gasteiger partial charge in [0.05, 0.1) is 0 Å². The van der Waals surface area contributed by atoms with Gasteiger partial charge < -0.3 is 0 Å². The summed E-state index contributed by atoms with van der Waals surface area (Å²) in [6.07, 6.45) is 5.14. The Bertz CT molecular complexity index is 111. The number of rotatable bonds is 1. The van der Waals surface area contributed by atoms with Gasteiger partial charge in [0, 0.05) is 25.2 Å². The molecule has 0 aromatic heterocycles. The molecule has 0 bridgehead atoms. The molecule has 12 heavy (non-hydrogen) atoms. The Morgan fingerprint density at radius 2 is 1.25 bits per heavy atom. The lowest BCUT2D eigenvalue weighted by Crippen LogP contribution is -2.60. The maximum atomic E-state index is 3.34. The maximum absolute atomic E-state index is 3.34. The zero-order valence-corrected chi connectivity index (χ0v) is 7.40. The molecular weight excluding hydrogens is 152 g/mol. The van der Waals surface area contributed by atoms with Gasteiger partial charge in [-0.1, -0.05) is 0 Å².